The fourth-order valence-corrected chi connectivity index (χ4v) is 3.45. The van der Waals surface area contributed by atoms with Crippen molar-refractivity contribution in [3.63, 3.8) is 0 Å². The van der Waals surface area contributed by atoms with Gasteiger partial charge in [-0.2, -0.15) is 0 Å². The topological polar surface area (TPSA) is 68.2 Å². The van der Waals surface area contributed by atoms with Crippen molar-refractivity contribution < 1.29 is 14.2 Å². The Morgan fingerprint density at radius 1 is 1.60 bits per heavy atom. The van der Waals surface area contributed by atoms with E-state index in [2.05, 4.69) is 25.6 Å². The summed E-state index contributed by atoms with van der Waals surface area (Å²) in [4.78, 5) is 11.0. The Bertz CT molecular complexity index is 532. The maximum absolute atomic E-state index is 5.67. The Morgan fingerprint density at radius 2 is 2.44 bits per heavy atom. The Hall–Kier alpha value is -1.22. The van der Waals surface area contributed by atoms with E-state index in [1.165, 1.54) is 0 Å². The second kappa shape index (κ2) is 10.7. The quantitative estimate of drug-likeness (QED) is 0.408. The first-order chi connectivity index (χ1) is 12.1. The summed E-state index contributed by atoms with van der Waals surface area (Å²) in [6.07, 6.45) is 2.55. The van der Waals surface area contributed by atoms with Gasteiger partial charge in [-0.05, 0) is 19.8 Å². The van der Waals surface area contributed by atoms with E-state index in [4.69, 9.17) is 14.2 Å². The lowest BCUT2D eigenvalue weighted by Crippen LogP contribution is -2.40. The standard InChI is InChI=1S/C17H30N4O3S/c1-13(22-4)16-20-14(12-25-16)10-21(3)17(18-2)19-7-9-23-11-15-6-5-8-24-15/h12-13,15H,5-11H2,1-4H3,(H,18,19). The van der Waals surface area contributed by atoms with Gasteiger partial charge in [0.2, 0.25) is 0 Å². The zero-order valence-corrected chi connectivity index (χ0v) is 16.5. The first-order valence-corrected chi connectivity index (χ1v) is 9.60. The van der Waals surface area contributed by atoms with Crippen LogP contribution in [0.25, 0.3) is 0 Å². The second-order valence-electron chi connectivity index (χ2n) is 6.10. The summed E-state index contributed by atoms with van der Waals surface area (Å²) in [6, 6.07) is 0. The van der Waals surface area contributed by atoms with Crippen molar-refractivity contribution in [2.75, 3.05) is 47.6 Å². The van der Waals surface area contributed by atoms with Crippen molar-refractivity contribution in [1.82, 2.24) is 15.2 Å². The maximum atomic E-state index is 5.67. The van der Waals surface area contributed by atoms with Gasteiger partial charge in [0.1, 0.15) is 11.1 Å². The zero-order chi connectivity index (χ0) is 18.1. The van der Waals surface area contributed by atoms with Crippen molar-refractivity contribution in [3.8, 4) is 0 Å². The van der Waals surface area contributed by atoms with Crippen LogP contribution in [0.1, 0.15) is 36.6 Å². The van der Waals surface area contributed by atoms with E-state index in [0.29, 0.717) is 26.3 Å². The predicted molar refractivity (Wildman–Crippen MR) is 100 cm³/mol. The van der Waals surface area contributed by atoms with Gasteiger partial charge in [-0.15, -0.1) is 11.3 Å². The third-order valence-electron chi connectivity index (χ3n) is 4.10. The van der Waals surface area contributed by atoms with Crippen LogP contribution in [0.2, 0.25) is 0 Å². The molecule has 2 atom stereocenters. The van der Waals surface area contributed by atoms with Crippen LogP contribution in [0.3, 0.4) is 0 Å². The molecule has 25 heavy (non-hydrogen) atoms. The van der Waals surface area contributed by atoms with E-state index in [9.17, 15) is 0 Å². The third-order valence-corrected chi connectivity index (χ3v) is 5.16. The summed E-state index contributed by atoms with van der Waals surface area (Å²) < 4.78 is 16.5. The molecule has 2 rings (SSSR count). The van der Waals surface area contributed by atoms with E-state index in [0.717, 1.165) is 36.1 Å². The molecule has 0 amide bonds. The highest BCUT2D eigenvalue weighted by atomic mass is 32.1. The molecular weight excluding hydrogens is 340 g/mol. The molecule has 0 saturated carbocycles. The molecule has 1 fully saturated rings. The summed E-state index contributed by atoms with van der Waals surface area (Å²) in [6.45, 7) is 5.60. The number of hydrogen-bond donors (Lipinski definition) is 1. The number of rotatable bonds is 9. The summed E-state index contributed by atoms with van der Waals surface area (Å²) >= 11 is 1.63. The summed E-state index contributed by atoms with van der Waals surface area (Å²) in [5.41, 5.74) is 1.02. The van der Waals surface area contributed by atoms with E-state index in [1.54, 1.807) is 25.5 Å². The fourth-order valence-electron chi connectivity index (χ4n) is 2.61. The van der Waals surface area contributed by atoms with Gasteiger partial charge in [0.25, 0.3) is 0 Å². The minimum absolute atomic E-state index is 0.0301. The average molecular weight is 371 g/mol. The van der Waals surface area contributed by atoms with Gasteiger partial charge in [0, 0.05) is 39.7 Å². The molecule has 0 radical (unpaired) electrons. The van der Waals surface area contributed by atoms with E-state index >= 15 is 0 Å². The van der Waals surface area contributed by atoms with Crippen LogP contribution >= 0.6 is 11.3 Å². The molecule has 1 aromatic heterocycles. The molecule has 7 nitrogen and oxygen atoms in total. The molecule has 1 aromatic rings. The minimum atomic E-state index is 0.0301. The predicted octanol–water partition coefficient (Wildman–Crippen LogP) is 2.05. The molecule has 0 spiro atoms. The van der Waals surface area contributed by atoms with Crippen LogP contribution in [0.5, 0.6) is 0 Å². The van der Waals surface area contributed by atoms with Crippen LogP contribution in [-0.2, 0) is 20.8 Å². The Balaban J connectivity index is 1.69. The molecule has 2 heterocycles. The monoisotopic (exact) mass is 370 g/mol. The highest BCUT2D eigenvalue weighted by Crippen LogP contribution is 2.20. The van der Waals surface area contributed by atoms with Crippen molar-refractivity contribution in [1.29, 1.82) is 0 Å². The molecule has 142 valence electrons. The van der Waals surface area contributed by atoms with Crippen molar-refractivity contribution in [3.05, 3.63) is 16.1 Å². The molecule has 0 aromatic carbocycles. The third kappa shape index (κ3) is 6.54. The van der Waals surface area contributed by atoms with Gasteiger partial charge in [0.15, 0.2) is 5.96 Å². The lowest BCUT2D eigenvalue weighted by Gasteiger charge is -2.21. The number of aromatic nitrogens is 1. The number of nitrogens with one attached hydrogen (secondary N) is 1. The molecule has 0 aliphatic carbocycles. The smallest absolute Gasteiger partial charge is 0.193 e. The average Bonchev–Trinajstić information content (AvgIpc) is 3.29. The van der Waals surface area contributed by atoms with Gasteiger partial charge in [0.05, 0.1) is 31.6 Å². The van der Waals surface area contributed by atoms with E-state index in [-0.39, 0.29) is 12.2 Å². The summed E-state index contributed by atoms with van der Waals surface area (Å²) in [5, 5.41) is 6.38. The number of aliphatic imine (C=N–C) groups is 1. The molecule has 2 unspecified atom stereocenters. The number of thiazole rings is 1. The highest BCUT2D eigenvalue weighted by molar-refractivity contribution is 7.09. The summed E-state index contributed by atoms with van der Waals surface area (Å²) in [5.74, 6) is 0.829. The van der Waals surface area contributed by atoms with Crippen molar-refractivity contribution >= 4 is 17.3 Å². The number of hydrogen-bond acceptors (Lipinski definition) is 6. The Labute approximate surface area is 154 Å². The van der Waals surface area contributed by atoms with Gasteiger partial charge < -0.3 is 24.4 Å². The van der Waals surface area contributed by atoms with Crippen LogP contribution < -0.4 is 5.32 Å². The second-order valence-corrected chi connectivity index (χ2v) is 6.98. The number of ether oxygens (including phenoxy) is 3. The zero-order valence-electron chi connectivity index (χ0n) is 15.7. The Kier molecular flexibility index (Phi) is 8.60. The van der Waals surface area contributed by atoms with Crippen molar-refractivity contribution in [2.24, 2.45) is 4.99 Å². The van der Waals surface area contributed by atoms with E-state index in [1.807, 2.05) is 14.0 Å². The first kappa shape index (κ1) is 20.1. The maximum Gasteiger partial charge on any atom is 0.193 e. The fraction of sp³-hybridized carbons (Fsp3) is 0.765. The van der Waals surface area contributed by atoms with Gasteiger partial charge in [-0.1, -0.05) is 0 Å². The lowest BCUT2D eigenvalue weighted by atomic mass is 10.2. The molecule has 0 bridgehead atoms. The molecule has 1 aliphatic heterocycles. The number of guanidine groups is 1. The normalized spacial score (nSPS) is 19.2. The molecule has 1 aliphatic rings. The highest BCUT2D eigenvalue weighted by Gasteiger charge is 2.15. The summed E-state index contributed by atoms with van der Waals surface area (Å²) in [7, 11) is 5.48. The van der Waals surface area contributed by atoms with Crippen LogP contribution in [0.4, 0.5) is 0 Å². The van der Waals surface area contributed by atoms with Gasteiger partial charge in [-0.25, -0.2) is 4.98 Å². The molecular formula is C17H30N4O3S. The van der Waals surface area contributed by atoms with Gasteiger partial charge in [-0.3, -0.25) is 4.99 Å². The van der Waals surface area contributed by atoms with Crippen LogP contribution in [0, 0.1) is 0 Å². The number of nitrogens with zero attached hydrogens (tertiary/aromatic N) is 3. The SMILES string of the molecule is CN=C(NCCOCC1CCCO1)N(C)Cc1csc(C(C)OC)n1. The molecule has 8 heteroatoms. The molecule has 1 saturated heterocycles. The first-order valence-electron chi connectivity index (χ1n) is 8.72. The minimum Gasteiger partial charge on any atom is -0.377 e. The Morgan fingerprint density at radius 3 is 3.12 bits per heavy atom. The van der Waals surface area contributed by atoms with Crippen LogP contribution in [-0.4, -0.2) is 69.5 Å². The number of methoxy groups -OCH3 is 1. The van der Waals surface area contributed by atoms with Crippen LogP contribution in [0.15, 0.2) is 10.4 Å². The van der Waals surface area contributed by atoms with E-state index < -0.39 is 0 Å². The van der Waals surface area contributed by atoms with Gasteiger partial charge >= 0.3 is 0 Å². The lowest BCUT2D eigenvalue weighted by molar-refractivity contribution is 0.0190. The van der Waals surface area contributed by atoms with Crippen molar-refractivity contribution in [2.45, 2.75) is 38.5 Å². The molecule has 1 N–H and O–H groups in total. The largest absolute Gasteiger partial charge is 0.377 e.